The molecule has 0 aliphatic carbocycles. The molecule has 2 aromatic heterocycles. The molecule has 0 unspecified atom stereocenters. The minimum Gasteiger partial charge on any atom is -0.375 e. The number of imidazole rings is 1. The number of anilines is 1. The van der Waals surface area contributed by atoms with Gasteiger partial charge in [-0.25, -0.2) is 9.97 Å². The zero-order chi connectivity index (χ0) is 14.4. The predicted octanol–water partition coefficient (Wildman–Crippen LogP) is 1.23. The average molecular weight is 293 g/mol. The Labute approximate surface area is 122 Å². The average Bonchev–Trinajstić information content (AvgIpc) is 3.03. The minimum atomic E-state index is 0.00971. The number of nitrogens with zero attached hydrogens (tertiary/aromatic N) is 3. The Morgan fingerprint density at radius 1 is 1.55 bits per heavy atom. The molecule has 2 aromatic rings. The maximum Gasteiger partial charge on any atom is 0.239 e. The Morgan fingerprint density at radius 2 is 2.40 bits per heavy atom. The Balaban J connectivity index is 1.68. The lowest BCUT2D eigenvalue weighted by Crippen LogP contribution is -2.29. The van der Waals surface area contributed by atoms with Crippen molar-refractivity contribution < 1.29 is 4.79 Å². The van der Waals surface area contributed by atoms with E-state index in [1.54, 1.807) is 6.20 Å². The summed E-state index contributed by atoms with van der Waals surface area (Å²) in [4.78, 5) is 20.2. The van der Waals surface area contributed by atoms with Crippen molar-refractivity contribution >= 4 is 22.4 Å². The fraction of sp³-hybridized carbons (Fsp3) is 0.462. The number of nitrogens with two attached hydrogens (primary N) is 1. The summed E-state index contributed by atoms with van der Waals surface area (Å²) in [5.41, 5.74) is 6.55. The van der Waals surface area contributed by atoms with Gasteiger partial charge >= 0.3 is 0 Å². The van der Waals surface area contributed by atoms with Gasteiger partial charge in [-0.1, -0.05) is 6.92 Å². The molecule has 20 heavy (non-hydrogen) atoms. The molecule has 0 saturated heterocycles. The van der Waals surface area contributed by atoms with E-state index in [1.165, 1.54) is 11.3 Å². The minimum absolute atomic E-state index is 0.00971. The molecule has 0 spiro atoms. The van der Waals surface area contributed by atoms with E-state index in [-0.39, 0.29) is 5.91 Å². The van der Waals surface area contributed by atoms with Gasteiger partial charge < -0.3 is 15.6 Å². The standard InChI is InChI=1S/C13H19N5OS/c1-2-11-15-6-7-18(11)8-12(19)16-5-3-4-10-9-20-13(14)17-10/h6-7,9H,2-5,8H2,1H3,(H2,14,17)(H,16,19). The number of aryl methyl sites for hydroxylation is 2. The molecule has 0 bridgehead atoms. The Morgan fingerprint density at radius 3 is 3.10 bits per heavy atom. The summed E-state index contributed by atoms with van der Waals surface area (Å²) in [6, 6.07) is 0. The molecule has 0 atom stereocenters. The molecule has 108 valence electrons. The van der Waals surface area contributed by atoms with Gasteiger partial charge in [-0.3, -0.25) is 4.79 Å². The quantitative estimate of drug-likeness (QED) is 0.752. The van der Waals surface area contributed by atoms with Crippen molar-refractivity contribution in [1.29, 1.82) is 0 Å². The van der Waals surface area contributed by atoms with Gasteiger partial charge in [0.1, 0.15) is 12.4 Å². The van der Waals surface area contributed by atoms with Gasteiger partial charge in [0.2, 0.25) is 5.91 Å². The molecule has 2 heterocycles. The molecule has 0 saturated carbocycles. The van der Waals surface area contributed by atoms with E-state index in [4.69, 9.17) is 5.73 Å². The normalized spacial score (nSPS) is 10.7. The number of aromatic nitrogens is 3. The fourth-order valence-electron chi connectivity index (χ4n) is 1.94. The van der Waals surface area contributed by atoms with Crippen LogP contribution >= 0.6 is 11.3 Å². The van der Waals surface area contributed by atoms with Crippen LogP contribution in [0.1, 0.15) is 24.9 Å². The topological polar surface area (TPSA) is 85.8 Å². The number of hydrogen-bond donors (Lipinski definition) is 2. The lowest BCUT2D eigenvalue weighted by Gasteiger charge is -2.07. The van der Waals surface area contributed by atoms with Crippen molar-refractivity contribution in [2.75, 3.05) is 12.3 Å². The van der Waals surface area contributed by atoms with Crippen LogP contribution in [0.5, 0.6) is 0 Å². The molecule has 0 aliphatic heterocycles. The van der Waals surface area contributed by atoms with Crippen molar-refractivity contribution in [2.24, 2.45) is 0 Å². The number of nitrogen functional groups attached to an aromatic ring is 1. The number of thiazole rings is 1. The molecule has 6 nitrogen and oxygen atoms in total. The van der Waals surface area contributed by atoms with Crippen LogP contribution < -0.4 is 11.1 Å². The number of carbonyl (C=O) groups excluding carboxylic acids is 1. The maximum atomic E-state index is 11.8. The molecule has 0 aromatic carbocycles. The third kappa shape index (κ3) is 4.06. The van der Waals surface area contributed by atoms with Crippen molar-refractivity contribution in [3.05, 3.63) is 29.3 Å². The third-order valence-corrected chi connectivity index (χ3v) is 3.66. The van der Waals surface area contributed by atoms with E-state index >= 15 is 0 Å². The maximum absolute atomic E-state index is 11.8. The monoisotopic (exact) mass is 293 g/mol. The van der Waals surface area contributed by atoms with Crippen molar-refractivity contribution in [3.8, 4) is 0 Å². The highest BCUT2D eigenvalue weighted by molar-refractivity contribution is 7.13. The van der Waals surface area contributed by atoms with Gasteiger partial charge in [-0.05, 0) is 12.8 Å². The number of carbonyl (C=O) groups is 1. The number of amides is 1. The second-order valence-corrected chi connectivity index (χ2v) is 5.35. The van der Waals surface area contributed by atoms with Gasteiger partial charge in [0.15, 0.2) is 5.13 Å². The molecule has 1 amide bonds. The number of nitrogens with one attached hydrogen (secondary N) is 1. The first-order valence-corrected chi connectivity index (χ1v) is 7.53. The van der Waals surface area contributed by atoms with Gasteiger partial charge in [0, 0.05) is 30.7 Å². The number of rotatable bonds is 7. The highest BCUT2D eigenvalue weighted by Crippen LogP contribution is 2.12. The number of hydrogen-bond acceptors (Lipinski definition) is 5. The van der Waals surface area contributed by atoms with E-state index in [0.29, 0.717) is 18.2 Å². The lowest BCUT2D eigenvalue weighted by molar-refractivity contribution is -0.121. The molecule has 2 rings (SSSR count). The third-order valence-electron chi connectivity index (χ3n) is 2.93. The van der Waals surface area contributed by atoms with Crippen LogP contribution in [0, 0.1) is 0 Å². The van der Waals surface area contributed by atoms with Crippen LogP contribution in [0.2, 0.25) is 0 Å². The molecule has 0 aliphatic rings. The van der Waals surface area contributed by atoms with E-state index in [0.717, 1.165) is 30.8 Å². The summed E-state index contributed by atoms with van der Waals surface area (Å²) in [5.74, 6) is 0.939. The fourth-order valence-corrected chi connectivity index (χ4v) is 2.54. The van der Waals surface area contributed by atoms with Gasteiger partial charge in [0.05, 0.1) is 5.69 Å². The Hall–Kier alpha value is -1.89. The predicted molar refractivity (Wildman–Crippen MR) is 79.5 cm³/mol. The molecular weight excluding hydrogens is 274 g/mol. The summed E-state index contributed by atoms with van der Waals surface area (Å²) >= 11 is 1.44. The van der Waals surface area contributed by atoms with E-state index in [2.05, 4.69) is 15.3 Å². The van der Waals surface area contributed by atoms with Gasteiger partial charge in [0.25, 0.3) is 0 Å². The smallest absolute Gasteiger partial charge is 0.239 e. The molecule has 0 radical (unpaired) electrons. The van der Waals surface area contributed by atoms with E-state index in [9.17, 15) is 4.79 Å². The largest absolute Gasteiger partial charge is 0.375 e. The Bertz CT molecular complexity index is 563. The highest BCUT2D eigenvalue weighted by Gasteiger charge is 2.06. The van der Waals surface area contributed by atoms with Crippen molar-refractivity contribution in [2.45, 2.75) is 32.7 Å². The summed E-state index contributed by atoms with van der Waals surface area (Å²) in [6.45, 7) is 3.00. The summed E-state index contributed by atoms with van der Waals surface area (Å²) in [6.07, 6.45) is 6.07. The first kappa shape index (κ1) is 14.5. The Kier molecular flexibility index (Phi) is 5.11. The van der Waals surface area contributed by atoms with Crippen LogP contribution in [-0.2, 0) is 24.2 Å². The summed E-state index contributed by atoms with van der Waals surface area (Å²) < 4.78 is 1.87. The second-order valence-electron chi connectivity index (χ2n) is 4.46. The second kappa shape index (κ2) is 7.04. The first-order valence-electron chi connectivity index (χ1n) is 6.65. The molecule has 0 fully saturated rings. The highest BCUT2D eigenvalue weighted by atomic mass is 32.1. The van der Waals surface area contributed by atoms with E-state index in [1.807, 2.05) is 23.1 Å². The van der Waals surface area contributed by atoms with Crippen LogP contribution in [0.4, 0.5) is 5.13 Å². The van der Waals surface area contributed by atoms with Gasteiger partial charge in [-0.2, -0.15) is 0 Å². The zero-order valence-corrected chi connectivity index (χ0v) is 12.3. The molecule has 3 N–H and O–H groups in total. The summed E-state index contributed by atoms with van der Waals surface area (Å²) in [5, 5.41) is 5.45. The van der Waals surface area contributed by atoms with Crippen LogP contribution in [0.25, 0.3) is 0 Å². The SMILES string of the molecule is CCc1nccn1CC(=O)NCCCc1csc(N)n1. The lowest BCUT2D eigenvalue weighted by atomic mass is 10.2. The molecule has 7 heteroatoms. The first-order chi connectivity index (χ1) is 9.69. The molecular formula is C13H19N5OS. The van der Waals surface area contributed by atoms with Crippen LogP contribution in [0.3, 0.4) is 0 Å². The van der Waals surface area contributed by atoms with Crippen LogP contribution in [0.15, 0.2) is 17.8 Å². The van der Waals surface area contributed by atoms with Crippen molar-refractivity contribution in [1.82, 2.24) is 19.9 Å². The van der Waals surface area contributed by atoms with E-state index < -0.39 is 0 Å². The van der Waals surface area contributed by atoms with Crippen LogP contribution in [-0.4, -0.2) is 27.0 Å². The van der Waals surface area contributed by atoms with Crippen molar-refractivity contribution in [3.63, 3.8) is 0 Å². The van der Waals surface area contributed by atoms with Gasteiger partial charge in [-0.15, -0.1) is 11.3 Å². The zero-order valence-electron chi connectivity index (χ0n) is 11.5. The summed E-state index contributed by atoms with van der Waals surface area (Å²) in [7, 11) is 0.